The molecule has 2 aliphatic heterocycles. The Kier molecular flexibility index (Phi) is 3.10. The molecule has 0 aromatic heterocycles. The van der Waals surface area contributed by atoms with E-state index in [1.165, 1.54) is 32.5 Å². The molecule has 82 valence electrons. The third-order valence-corrected chi connectivity index (χ3v) is 3.91. The number of nitrogens with zero attached hydrogens (tertiary/aromatic N) is 2. The van der Waals surface area contributed by atoms with Crippen molar-refractivity contribution in [2.75, 3.05) is 26.7 Å². The first-order valence-electron chi connectivity index (χ1n) is 5.90. The zero-order valence-electron chi connectivity index (χ0n) is 9.66. The molecule has 0 aliphatic carbocycles. The van der Waals surface area contributed by atoms with E-state index in [9.17, 15) is 0 Å². The SMILES string of the molecule is CNN1CCC2CCN(C(C)C)CC21. The van der Waals surface area contributed by atoms with Gasteiger partial charge in [-0.1, -0.05) is 0 Å². The average molecular weight is 197 g/mol. The normalized spacial score (nSPS) is 35.1. The van der Waals surface area contributed by atoms with Crippen molar-refractivity contribution in [3.05, 3.63) is 0 Å². The molecule has 3 heteroatoms. The first kappa shape index (κ1) is 10.4. The van der Waals surface area contributed by atoms with E-state index >= 15 is 0 Å². The van der Waals surface area contributed by atoms with Crippen LogP contribution in [0.4, 0.5) is 0 Å². The summed E-state index contributed by atoms with van der Waals surface area (Å²) in [6.45, 7) is 8.40. The van der Waals surface area contributed by atoms with E-state index in [1.807, 2.05) is 0 Å². The van der Waals surface area contributed by atoms with E-state index in [1.54, 1.807) is 0 Å². The van der Waals surface area contributed by atoms with Gasteiger partial charge in [-0.15, -0.1) is 0 Å². The molecular formula is C11H23N3. The number of piperidine rings is 1. The van der Waals surface area contributed by atoms with Crippen LogP contribution < -0.4 is 5.43 Å². The molecule has 0 aromatic carbocycles. The van der Waals surface area contributed by atoms with Crippen molar-refractivity contribution in [1.29, 1.82) is 0 Å². The fourth-order valence-corrected chi connectivity index (χ4v) is 2.91. The summed E-state index contributed by atoms with van der Waals surface area (Å²) in [7, 11) is 2.05. The van der Waals surface area contributed by atoms with Gasteiger partial charge < -0.3 is 0 Å². The number of hydrogen-bond acceptors (Lipinski definition) is 3. The number of likely N-dealkylation sites (tertiary alicyclic amines) is 1. The predicted octanol–water partition coefficient (Wildman–Crippen LogP) is 0.925. The maximum absolute atomic E-state index is 3.33. The van der Waals surface area contributed by atoms with Gasteiger partial charge in [0.25, 0.3) is 0 Å². The molecule has 0 spiro atoms. The van der Waals surface area contributed by atoms with Crippen LogP contribution in [0.2, 0.25) is 0 Å². The Balaban J connectivity index is 1.98. The maximum Gasteiger partial charge on any atom is 0.0399 e. The molecule has 3 nitrogen and oxygen atoms in total. The van der Waals surface area contributed by atoms with Gasteiger partial charge in [0.1, 0.15) is 0 Å². The molecule has 0 bridgehead atoms. The van der Waals surface area contributed by atoms with Gasteiger partial charge >= 0.3 is 0 Å². The second kappa shape index (κ2) is 4.17. The smallest absolute Gasteiger partial charge is 0.0399 e. The summed E-state index contributed by atoms with van der Waals surface area (Å²) in [5, 5.41) is 2.43. The third-order valence-electron chi connectivity index (χ3n) is 3.91. The van der Waals surface area contributed by atoms with E-state index in [0.29, 0.717) is 6.04 Å². The number of hydrogen-bond donors (Lipinski definition) is 1. The van der Waals surface area contributed by atoms with Crippen molar-refractivity contribution < 1.29 is 0 Å². The summed E-state index contributed by atoms with van der Waals surface area (Å²) < 4.78 is 0. The fourth-order valence-electron chi connectivity index (χ4n) is 2.91. The van der Waals surface area contributed by atoms with Gasteiger partial charge in [-0.05, 0) is 46.2 Å². The highest BCUT2D eigenvalue weighted by Gasteiger charge is 2.38. The number of nitrogens with one attached hydrogen (secondary N) is 1. The molecule has 14 heavy (non-hydrogen) atoms. The molecule has 2 heterocycles. The Hall–Kier alpha value is -0.120. The molecule has 0 radical (unpaired) electrons. The summed E-state index contributed by atoms with van der Waals surface area (Å²) >= 11 is 0. The minimum absolute atomic E-state index is 0.704. The molecule has 1 N–H and O–H groups in total. The summed E-state index contributed by atoms with van der Waals surface area (Å²) in [6, 6.07) is 1.46. The molecule has 0 amide bonds. The van der Waals surface area contributed by atoms with Crippen molar-refractivity contribution in [3.63, 3.8) is 0 Å². The number of hydrazine groups is 1. The predicted molar refractivity (Wildman–Crippen MR) is 59.0 cm³/mol. The fraction of sp³-hybridized carbons (Fsp3) is 1.00. The van der Waals surface area contributed by atoms with Crippen LogP contribution in [-0.2, 0) is 0 Å². The van der Waals surface area contributed by atoms with Crippen molar-refractivity contribution >= 4 is 0 Å². The van der Waals surface area contributed by atoms with Gasteiger partial charge in [0.05, 0.1) is 0 Å². The van der Waals surface area contributed by atoms with Crippen LogP contribution in [0.15, 0.2) is 0 Å². The second-order valence-corrected chi connectivity index (χ2v) is 4.91. The van der Waals surface area contributed by atoms with E-state index in [2.05, 4.69) is 36.2 Å². The van der Waals surface area contributed by atoms with E-state index < -0.39 is 0 Å². The van der Waals surface area contributed by atoms with Gasteiger partial charge in [0, 0.05) is 25.2 Å². The zero-order chi connectivity index (χ0) is 10.1. The highest BCUT2D eigenvalue weighted by atomic mass is 15.5. The van der Waals surface area contributed by atoms with Crippen LogP contribution >= 0.6 is 0 Å². The Morgan fingerprint density at radius 2 is 1.93 bits per heavy atom. The number of fused-ring (bicyclic) bond motifs is 1. The quantitative estimate of drug-likeness (QED) is 0.710. The Morgan fingerprint density at radius 3 is 2.57 bits per heavy atom. The largest absolute Gasteiger partial charge is 0.299 e. The third kappa shape index (κ3) is 1.81. The lowest BCUT2D eigenvalue weighted by molar-refractivity contribution is 0.0639. The van der Waals surface area contributed by atoms with Gasteiger partial charge in [-0.2, -0.15) is 0 Å². The van der Waals surface area contributed by atoms with Crippen molar-refractivity contribution in [1.82, 2.24) is 15.3 Å². The van der Waals surface area contributed by atoms with E-state index in [-0.39, 0.29) is 0 Å². The lowest BCUT2D eigenvalue weighted by Gasteiger charge is -2.40. The van der Waals surface area contributed by atoms with Crippen molar-refractivity contribution in [2.24, 2.45) is 5.92 Å². The molecule has 2 saturated heterocycles. The van der Waals surface area contributed by atoms with Crippen LogP contribution in [0.3, 0.4) is 0 Å². The Labute approximate surface area is 87.4 Å². The van der Waals surface area contributed by atoms with Crippen molar-refractivity contribution in [3.8, 4) is 0 Å². The first-order valence-corrected chi connectivity index (χ1v) is 5.90. The Bertz CT molecular complexity index is 187. The molecule has 2 rings (SSSR count). The second-order valence-electron chi connectivity index (χ2n) is 4.91. The van der Waals surface area contributed by atoms with Gasteiger partial charge in [-0.25, -0.2) is 5.01 Å². The summed E-state index contributed by atoms with van der Waals surface area (Å²) in [4.78, 5) is 2.61. The lowest BCUT2D eigenvalue weighted by atomic mass is 9.92. The highest BCUT2D eigenvalue weighted by Crippen LogP contribution is 2.30. The maximum atomic E-state index is 3.33. The van der Waals surface area contributed by atoms with Gasteiger partial charge in [0.15, 0.2) is 0 Å². The average Bonchev–Trinajstić information content (AvgIpc) is 2.59. The number of rotatable bonds is 2. The Morgan fingerprint density at radius 1 is 1.21 bits per heavy atom. The lowest BCUT2D eigenvalue weighted by Crippen LogP contribution is -2.53. The monoisotopic (exact) mass is 197 g/mol. The van der Waals surface area contributed by atoms with Gasteiger partial charge in [-0.3, -0.25) is 10.3 Å². The minimum atomic E-state index is 0.704. The van der Waals surface area contributed by atoms with Crippen LogP contribution in [0.1, 0.15) is 26.7 Å². The molecule has 0 aromatic rings. The molecule has 2 fully saturated rings. The molecule has 2 aliphatic rings. The van der Waals surface area contributed by atoms with Gasteiger partial charge in [0.2, 0.25) is 0 Å². The van der Waals surface area contributed by atoms with Crippen LogP contribution in [0, 0.1) is 5.92 Å². The topological polar surface area (TPSA) is 18.5 Å². The minimum Gasteiger partial charge on any atom is -0.299 e. The highest BCUT2D eigenvalue weighted by molar-refractivity contribution is 4.91. The molecule has 2 unspecified atom stereocenters. The van der Waals surface area contributed by atoms with Crippen LogP contribution in [0.25, 0.3) is 0 Å². The standard InChI is InChI=1S/C11H23N3/c1-9(2)13-6-4-10-5-7-14(12-3)11(10)8-13/h9-12H,4-8H2,1-3H3. The summed E-state index contributed by atoms with van der Waals surface area (Å²) in [6.07, 6.45) is 2.78. The molecule has 2 atom stereocenters. The van der Waals surface area contributed by atoms with Crippen molar-refractivity contribution in [2.45, 2.75) is 38.8 Å². The first-order chi connectivity index (χ1) is 6.72. The van der Waals surface area contributed by atoms with E-state index in [4.69, 9.17) is 0 Å². The molecule has 0 saturated carbocycles. The zero-order valence-corrected chi connectivity index (χ0v) is 9.66. The summed E-state index contributed by atoms with van der Waals surface area (Å²) in [5.41, 5.74) is 3.33. The van der Waals surface area contributed by atoms with Crippen LogP contribution in [0.5, 0.6) is 0 Å². The van der Waals surface area contributed by atoms with Crippen LogP contribution in [-0.4, -0.2) is 48.7 Å². The van der Waals surface area contributed by atoms with E-state index in [0.717, 1.165) is 12.0 Å². The summed E-state index contributed by atoms with van der Waals surface area (Å²) in [5.74, 6) is 0.942. The molecular weight excluding hydrogens is 174 g/mol.